The highest BCUT2D eigenvalue weighted by Gasteiger charge is 2.16. The van der Waals surface area contributed by atoms with Crippen LogP contribution in [0.1, 0.15) is 32.8 Å². The molecule has 0 aliphatic rings. The minimum absolute atomic E-state index is 0.0961. The largest absolute Gasteiger partial charge is 0.497 e. The van der Waals surface area contributed by atoms with Gasteiger partial charge < -0.3 is 25.4 Å². The van der Waals surface area contributed by atoms with E-state index in [1.165, 1.54) is 0 Å². The molecule has 0 saturated carbocycles. The SMILES string of the molecule is COc1cccc(CC(=O)NCCCNC(=O)CNC(=O)OC(C)(C)C)c1. The van der Waals surface area contributed by atoms with Gasteiger partial charge in [-0.05, 0) is 44.9 Å². The van der Waals surface area contributed by atoms with Crippen LogP contribution in [0.5, 0.6) is 5.75 Å². The van der Waals surface area contributed by atoms with Crippen LogP contribution >= 0.6 is 0 Å². The number of nitrogens with one attached hydrogen (secondary N) is 3. The predicted molar refractivity (Wildman–Crippen MR) is 102 cm³/mol. The van der Waals surface area contributed by atoms with E-state index in [2.05, 4.69) is 16.0 Å². The van der Waals surface area contributed by atoms with E-state index in [0.29, 0.717) is 25.3 Å². The molecule has 0 spiro atoms. The zero-order valence-electron chi connectivity index (χ0n) is 16.4. The maximum Gasteiger partial charge on any atom is 0.408 e. The molecule has 0 aromatic heterocycles. The van der Waals surface area contributed by atoms with Crippen molar-refractivity contribution in [2.45, 2.75) is 39.2 Å². The van der Waals surface area contributed by atoms with Gasteiger partial charge >= 0.3 is 6.09 Å². The van der Waals surface area contributed by atoms with Crippen LogP contribution in [0.3, 0.4) is 0 Å². The molecule has 1 rings (SSSR count). The van der Waals surface area contributed by atoms with Gasteiger partial charge in [0.15, 0.2) is 0 Å². The fourth-order valence-corrected chi connectivity index (χ4v) is 2.10. The number of rotatable bonds is 9. The second kappa shape index (κ2) is 11.1. The first-order valence-corrected chi connectivity index (χ1v) is 8.83. The summed E-state index contributed by atoms with van der Waals surface area (Å²) in [6.07, 6.45) is 0.216. The van der Waals surface area contributed by atoms with Crippen molar-refractivity contribution in [2.75, 3.05) is 26.7 Å². The van der Waals surface area contributed by atoms with Gasteiger partial charge in [0, 0.05) is 13.1 Å². The molecule has 0 heterocycles. The minimum Gasteiger partial charge on any atom is -0.497 e. The molecule has 3 N–H and O–H groups in total. The summed E-state index contributed by atoms with van der Waals surface area (Å²) in [7, 11) is 1.58. The van der Waals surface area contributed by atoms with Gasteiger partial charge in [0.25, 0.3) is 0 Å². The number of methoxy groups -OCH3 is 1. The normalized spacial score (nSPS) is 10.7. The monoisotopic (exact) mass is 379 g/mol. The van der Waals surface area contributed by atoms with Crippen LogP contribution in [-0.4, -0.2) is 50.3 Å². The standard InChI is InChI=1S/C19H29N3O5/c1-19(2,3)27-18(25)22-13-17(24)21-10-6-9-20-16(23)12-14-7-5-8-15(11-14)26-4/h5,7-8,11H,6,9-10,12-13H2,1-4H3,(H,20,23)(H,21,24)(H,22,25). The number of ether oxygens (including phenoxy) is 2. The van der Waals surface area contributed by atoms with E-state index in [-0.39, 0.29) is 24.8 Å². The molecule has 0 bridgehead atoms. The van der Waals surface area contributed by atoms with Crippen LogP contribution in [-0.2, 0) is 20.7 Å². The van der Waals surface area contributed by atoms with Gasteiger partial charge in [-0.1, -0.05) is 12.1 Å². The highest BCUT2D eigenvalue weighted by atomic mass is 16.6. The molecule has 8 heteroatoms. The summed E-state index contributed by atoms with van der Waals surface area (Å²) >= 11 is 0. The second-order valence-corrected chi connectivity index (χ2v) is 6.94. The Morgan fingerprint density at radius 2 is 1.67 bits per heavy atom. The van der Waals surface area contributed by atoms with Crippen LogP contribution in [0, 0.1) is 0 Å². The summed E-state index contributed by atoms with van der Waals surface area (Å²) in [4.78, 5) is 35.0. The van der Waals surface area contributed by atoms with Crippen molar-refractivity contribution in [2.24, 2.45) is 0 Å². The van der Waals surface area contributed by atoms with Crippen molar-refractivity contribution in [1.29, 1.82) is 0 Å². The summed E-state index contributed by atoms with van der Waals surface area (Å²) in [6.45, 7) is 5.92. The number of benzene rings is 1. The molecule has 0 aliphatic heterocycles. The Hall–Kier alpha value is -2.77. The van der Waals surface area contributed by atoms with E-state index in [1.807, 2.05) is 24.3 Å². The minimum atomic E-state index is -0.637. The molecular formula is C19H29N3O5. The van der Waals surface area contributed by atoms with E-state index in [0.717, 1.165) is 5.56 Å². The molecule has 0 unspecified atom stereocenters. The number of amides is 3. The number of hydrogen-bond donors (Lipinski definition) is 3. The van der Waals surface area contributed by atoms with Gasteiger partial charge in [0.05, 0.1) is 20.1 Å². The lowest BCUT2D eigenvalue weighted by atomic mass is 10.1. The van der Waals surface area contributed by atoms with Crippen molar-refractivity contribution in [3.63, 3.8) is 0 Å². The smallest absolute Gasteiger partial charge is 0.408 e. The predicted octanol–water partition coefficient (Wildman–Crippen LogP) is 1.38. The lowest BCUT2D eigenvalue weighted by Crippen LogP contribution is -2.40. The zero-order valence-corrected chi connectivity index (χ0v) is 16.4. The third kappa shape index (κ3) is 10.7. The first-order valence-electron chi connectivity index (χ1n) is 8.83. The lowest BCUT2D eigenvalue weighted by molar-refractivity contribution is -0.120. The lowest BCUT2D eigenvalue weighted by Gasteiger charge is -2.19. The summed E-state index contributed by atoms with van der Waals surface area (Å²) in [5.74, 6) is 0.299. The molecule has 1 aromatic carbocycles. The van der Waals surface area contributed by atoms with Crippen LogP contribution in [0.15, 0.2) is 24.3 Å². The molecule has 1 aromatic rings. The van der Waals surface area contributed by atoms with Crippen molar-refractivity contribution in [3.8, 4) is 5.75 Å². The molecule has 8 nitrogen and oxygen atoms in total. The molecule has 27 heavy (non-hydrogen) atoms. The number of hydrogen-bond acceptors (Lipinski definition) is 5. The third-order valence-electron chi connectivity index (χ3n) is 3.29. The van der Waals surface area contributed by atoms with Crippen molar-refractivity contribution in [1.82, 2.24) is 16.0 Å². The Bertz CT molecular complexity index is 640. The van der Waals surface area contributed by atoms with Crippen LogP contribution in [0.4, 0.5) is 4.79 Å². The van der Waals surface area contributed by atoms with E-state index < -0.39 is 11.7 Å². The van der Waals surface area contributed by atoms with Gasteiger partial charge in [0.2, 0.25) is 11.8 Å². The zero-order chi connectivity index (χ0) is 20.3. The summed E-state index contributed by atoms with van der Waals surface area (Å²) < 4.78 is 10.2. The van der Waals surface area contributed by atoms with Gasteiger partial charge in [-0.2, -0.15) is 0 Å². The Kier molecular flexibility index (Phi) is 9.12. The Balaban J connectivity index is 2.12. The van der Waals surface area contributed by atoms with Crippen molar-refractivity contribution < 1.29 is 23.9 Å². The summed E-state index contributed by atoms with van der Waals surface area (Å²) in [6, 6.07) is 7.33. The van der Waals surface area contributed by atoms with Gasteiger partial charge in [-0.3, -0.25) is 9.59 Å². The highest BCUT2D eigenvalue weighted by Crippen LogP contribution is 2.12. The van der Waals surface area contributed by atoms with Gasteiger partial charge in [-0.15, -0.1) is 0 Å². The molecule has 0 aliphatic carbocycles. The molecule has 0 atom stereocenters. The first-order chi connectivity index (χ1) is 12.7. The molecule has 0 radical (unpaired) electrons. The quantitative estimate of drug-likeness (QED) is 0.562. The van der Waals surface area contributed by atoms with Crippen LogP contribution in [0.2, 0.25) is 0 Å². The Morgan fingerprint density at radius 3 is 2.30 bits per heavy atom. The Morgan fingerprint density at radius 1 is 1.00 bits per heavy atom. The molecular weight excluding hydrogens is 350 g/mol. The van der Waals surface area contributed by atoms with E-state index >= 15 is 0 Å². The highest BCUT2D eigenvalue weighted by molar-refractivity contribution is 5.82. The number of carbonyl (C=O) groups excluding carboxylic acids is 3. The van der Waals surface area contributed by atoms with Crippen molar-refractivity contribution >= 4 is 17.9 Å². The van der Waals surface area contributed by atoms with Crippen LogP contribution in [0.25, 0.3) is 0 Å². The van der Waals surface area contributed by atoms with Gasteiger partial charge in [0.1, 0.15) is 11.4 Å². The number of alkyl carbamates (subject to hydrolysis) is 1. The Labute approximate surface area is 160 Å². The summed E-state index contributed by atoms with van der Waals surface area (Å²) in [5.41, 5.74) is 0.261. The van der Waals surface area contributed by atoms with Crippen molar-refractivity contribution in [3.05, 3.63) is 29.8 Å². The molecule has 150 valence electrons. The van der Waals surface area contributed by atoms with Crippen LogP contribution < -0.4 is 20.7 Å². The number of carbonyl (C=O) groups is 3. The fraction of sp³-hybridized carbons (Fsp3) is 0.526. The molecule has 3 amide bonds. The summed E-state index contributed by atoms with van der Waals surface area (Å²) in [5, 5.41) is 7.84. The van der Waals surface area contributed by atoms with E-state index in [9.17, 15) is 14.4 Å². The average Bonchev–Trinajstić information content (AvgIpc) is 2.58. The molecule has 0 saturated heterocycles. The van der Waals surface area contributed by atoms with E-state index in [1.54, 1.807) is 27.9 Å². The topological polar surface area (TPSA) is 106 Å². The maximum atomic E-state index is 11.9. The van der Waals surface area contributed by atoms with Gasteiger partial charge in [-0.25, -0.2) is 4.79 Å². The third-order valence-corrected chi connectivity index (χ3v) is 3.29. The maximum absolute atomic E-state index is 11.9. The van der Waals surface area contributed by atoms with E-state index in [4.69, 9.17) is 9.47 Å². The molecule has 0 fully saturated rings. The first kappa shape index (κ1) is 22.3. The average molecular weight is 379 g/mol. The second-order valence-electron chi connectivity index (χ2n) is 6.94. The fourth-order valence-electron chi connectivity index (χ4n) is 2.10.